The molecule has 0 bridgehead atoms. The van der Waals surface area contributed by atoms with Crippen molar-refractivity contribution in [3.05, 3.63) is 45.4 Å². The molecule has 94 valence electrons. The fourth-order valence-corrected chi connectivity index (χ4v) is 1.62. The van der Waals surface area contributed by atoms with E-state index in [1.165, 1.54) is 12.1 Å². The van der Waals surface area contributed by atoms with Crippen molar-refractivity contribution in [3.8, 4) is 0 Å². The van der Waals surface area contributed by atoms with E-state index >= 15 is 0 Å². The molecule has 2 rings (SSSR count). The van der Waals surface area contributed by atoms with Crippen LogP contribution in [-0.4, -0.2) is 20.1 Å². The van der Waals surface area contributed by atoms with Crippen molar-refractivity contribution in [1.82, 2.24) is 15.2 Å². The van der Waals surface area contributed by atoms with Gasteiger partial charge in [0, 0.05) is 17.8 Å². The first kappa shape index (κ1) is 12.3. The first-order valence-electron chi connectivity index (χ1n) is 5.14. The van der Waals surface area contributed by atoms with E-state index < -0.39 is 4.92 Å². The normalized spacial score (nSPS) is 12.1. The van der Waals surface area contributed by atoms with Crippen LogP contribution in [0.25, 0.3) is 0 Å². The number of anilines is 1. The molecule has 2 aromatic heterocycles. The van der Waals surface area contributed by atoms with Gasteiger partial charge in [-0.05, 0) is 13.0 Å². The standard InChI is InChI=1S/C10H10ClN5O2/c1-6(7-4-12-13-5-7)14-10-8(16(17)18)2-3-9(11)15-10/h2-6H,1H3,(H,12,13)(H,14,15). The number of H-pyrrole nitrogens is 1. The molecule has 7 nitrogen and oxygen atoms in total. The van der Waals surface area contributed by atoms with Crippen LogP contribution in [0, 0.1) is 10.1 Å². The monoisotopic (exact) mass is 267 g/mol. The lowest BCUT2D eigenvalue weighted by Crippen LogP contribution is -2.09. The van der Waals surface area contributed by atoms with Gasteiger partial charge in [0.2, 0.25) is 5.82 Å². The molecule has 0 aromatic carbocycles. The van der Waals surface area contributed by atoms with E-state index in [0.717, 1.165) is 5.56 Å². The van der Waals surface area contributed by atoms with Gasteiger partial charge in [-0.15, -0.1) is 0 Å². The number of hydrogen-bond donors (Lipinski definition) is 2. The highest BCUT2D eigenvalue weighted by Gasteiger charge is 2.18. The molecule has 0 aliphatic carbocycles. The molecule has 0 fully saturated rings. The Bertz CT molecular complexity index is 557. The number of pyridine rings is 1. The Morgan fingerprint density at radius 2 is 2.33 bits per heavy atom. The summed E-state index contributed by atoms with van der Waals surface area (Å²) in [6, 6.07) is 2.53. The maximum atomic E-state index is 10.9. The van der Waals surface area contributed by atoms with Crippen LogP contribution in [0.2, 0.25) is 5.15 Å². The minimum absolute atomic E-state index is 0.116. The van der Waals surface area contributed by atoms with Crippen molar-refractivity contribution in [2.45, 2.75) is 13.0 Å². The minimum atomic E-state index is -0.506. The van der Waals surface area contributed by atoms with Gasteiger partial charge in [0.1, 0.15) is 5.15 Å². The molecule has 1 atom stereocenters. The molecule has 0 saturated carbocycles. The third-order valence-corrected chi connectivity index (χ3v) is 2.62. The Morgan fingerprint density at radius 3 is 2.94 bits per heavy atom. The lowest BCUT2D eigenvalue weighted by atomic mass is 10.2. The van der Waals surface area contributed by atoms with Gasteiger partial charge in [-0.2, -0.15) is 5.10 Å². The zero-order valence-corrected chi connectivity index (χ0v) is 10.2. The number of hydrogen-bond acceptors (Lipinski definition) is 5. The first-order valence-corrected chi connectivity index (χ1v) is 5.52. The lowest BCUT2D eigenvalue weighted by Gasteiger charge is -2.12. The Balaban J connectivity index is 2.28. The number of nitrogens with zero attached hydrogens (tertiary/aromatic N) is 3. The Labute approximate surface area is 107 Å². The summed E-state index contributed by atoms with van der Waals surface area (Å²) in [5.74, 6) is 0.140. The summed E-state index contributed by atoms with van der Waals surface area (Å²) in [7, 11) is 0. The van der Waals surface area contributed by atoms with E-state index in [1.54, 1.807) is 12.4 Å². The van der Waals surface area contributed by atoms with Gasteiger partial charge in [-0.1, -0.05) is 11.6 Å². The van der Waals surface area contributed by atoms with Crippen LogP contribution in [0.15, 0.2) is 24.5 Å². The van der Waals surface area contributed by atoms with Crippen LogP contribution in [0.4, 0.5) is 11.5 Å². The molecule has 0 saturated heterocycles. The highest BCUT2D eigenvalue weighted by Crippen LogP contribution is 2.27. The Hall–Kier alpha value is -2.15. The van der Waals surface area contributed by atoms with Crippen molar-refractivity contribution < 1.29 is 4.92 Å². The minimum Gasteiger partial charge on any atom is -0.358 e. The number of halogens is 1. The van der Waals surface area contributed by atoms with Crippen molar-refractivity contribution in [1.29, 1.82) is 0 Å². The highest BCUT2D eigenvalue weighted by molar-refractivity contribution is 6.29. The smallest absolute Gasteiger partial charge is 0.311 e. The van der Waals surface area contributed by atoms with Gasteiger partial charge in [-0.25, -0.2) is 4.98 Å². The molecule has 0 spiro atoms. The van der Waals surface area contributed by atoms with Gasteiger partial charge < -0.3 is 5.32 Å². The number of rotatable bonds is 4. The molecule has 0 amide bonds. The van der Waals surface area contributed by atoms with Crippen LogP contribution < -0.4 is 5.32 Å². The second-order valence-corrected chi connectivity index (χ2v) is 4.04. The topological polar surface area (TPSA) is 96.7 Å². The molecule has 0 aliphatic rings. The number of nitro groups is 1. The predicted octanol–water partition coefficient (Wildman–Crippen LogP) is 2.54. The predicted molar refractivity (Wildman–Crippen MR) is 66.5 cm³/mol. The van der Waals surface area contributed by atoms with Crippen LogP contribution in [0.1, 0.15) is 18.5 Å². The van der Waals surface area contributed by atoms with Crippen LogP contribution in [0.3, 0.4) is 0 Å². The maximum absolute atomic E-state index is 10.9. The molecule has 0 radical (unpaired) electrons. The number of aromatic nitrogens is 3. The van der Waals surface area contributed by atoms with Gasteiger partial charge in [-0.3, -0.25) is 15.2 Å². The fourth-order valence-electron chi connectivity index (χ4n) is 1.47. The number of aromatic amines is 1. The lowest BCUT2D eigenvalue weighted by molar-refractivity contribution is -0.384. The molecule has 2 N–H and O–H groups in total. The number of nitrogens with one attached hydrogen (secondary N) is 2. The summed E-state index contributed by atoms with van der Waals surface area (Å²) < 4.78 is 0. The van der Waals surface area contributed by atoms with E-state index in [0.29, 0.717) is 0 Å². The molecule has 0 aliphatic heterocycles. The van der Waals surface area contributed by atoms with Gasteiger partial charge >= 0.3 is 5.69 Å². The van der Waals surface area contributed by atoms with Crippen molar-refractivity contribution in [2.24, 2.45) is 0 Å². The summed E-state index contributed by atoms with van der Waals surface area (Å²) in [6.07, 6.45) is 3.34. The Kier molecular flexibility index (Phi) is 3.42. The summed E-state index contributed by atoms with van der Waals surface area (Å²) >= 11 is 5.74. The van der Waals surface area contributed by atoms with Crippen LogP contribution >= 0.6 is 11.6 Å². The largest absolute Gasteiger partial charge is 0.358 e. The van der Waals surface area contributed by atoms with Crippen molar-refractivity contribution in [2.75, 3.05) is 5.32 Å². The summed E-state index contributed by atoms with van der Waals surface area (Å²) in [5.41, 5.74) is 0.751. The van der Waals surface area contributed by atoms with E-state index in [9.17, 15) is 10.1 Å². The van der Waals surface area contributed by atoms with Gasteiger partial charge in [0.15, 0.2) is 0 Å². The average molecular weight is 268 g/mol. The molecular weight excluding hydrogens is 258 g/mol. The van der Waals surface area contributed by atoms with Crippen molar-refractivity contribution >= 4 is 23.1 Å². The molecule has 2 heterocycles. The average Bonchev–Trinajstić information content (AvgIpc) is 2.81. The van der Waals surface area contributed by atoms with Crippen LogP contribution in [0.5, 0.6) is 0 Å². The highest BCUT2D eigenvalue weighted by atomic mass is 35.5. The summed E-state index contributed by atoms with van der Waals surface area (Å²) in [5, 5.41) is 20.5. The Morgan fingerprint density at radius 1 is 1.56 bits per heavy atom. The molecule has 2 aromatic rings. The molecular formula is C10H10ClN5O2. The molecule has 8 heteroatoms. The quantitative estimate of drug-likeness (QED) is 0.504. The third-order valence-electron chi connectivity index (χ3n) is 2.41. The second-order valence-electron chi connectivity index (χ2n) is 3.66. The third kappa shape index (κ3) is 2.57. The second kappa shape index (κ2) is 5.01. The van der Waals surface area contributed by atoms with E-state index in [-0.39, 0.29) is 22.7 Å². The van der Waals surface area contributed by atoms with E-state index in [1.807, 2.05) is 6.92 Å². The van der Waals surface area contributed by atoms with Gasteiger partial charge in [0.25, 0.3) is 0 Å². The van der Waals surface area contributed by atoms with Gasteiger partial charge in [0.05, 0.1) is 17.2 Å². The van der Waals surface area contributed by atoms with Crippen LogP contribution in [-0.2, 0) is 0 Å². The molecule has 1 unspecified atom stereocenters. The maximum Gasteiger partial charge on any atom is 0.311 e. The first-order chi connectivity index (χ1) is 8.58. The fraction of sp³-hybridized carbons (Fsp3) is 0.200. The van der Waals surface area contributed by atoms with Crippen molar-refractivity contribution in [3.63, 3.8) is 0 Å². The van der Waals surface area contributed by atoms with E-state index in [2.05, 4.69) is 20.5 Å². The van der Waals surface area contributed by atoms with E-state index in [4.69, 9.17) is 11.6 Å². The zero-order valence-electron chi connectivity index (χ0n) is 9.42. The molecule has 18 heavy (non-hydrogen) atoms. The summed E-state index contributed by atoms with van der Waals surface area (Å²) in [4.78, 5) is 14.3. The zero-order chi connectivity index (χ0) is 13.1. The SMILES string of the molecule is CC(Nc1nc(Cl)ccc1[N+](=O)[O-])c1cn[nH]c1. The summed E-state index contributed by atoms with van der Waals surface area (Å²) in [6.45, 7) is 1.84.